The lowest BCUT2D eigenvalue weighted by molar-refractivity contribution is 0.134. The van der Waals surface area contributed by atoms with Crippen LogP contribution in [0, 0.1) is 0 Å². The molecular weight excluding hydrogens is 238 g/mol. The molecule has 0 saturated heterocycles. The number of hydrogen-bond acceptors (Lipinski definition) is 3. The average molecular weight is 265 g/mol. The molecule has 0 aliphatic heterocycles. The largest absolute Gasteiger partial charge is 0.493 e. The summed E-state index contributed by atoms with van der Waals surface area (Å²) in [5.74, 6) is 0.964. The molecule has 0 fully saturated rings. The zero-order chi connectivity index (χ0) is 14.1. The molecule has 0 aliphatic rings. The van der Waals surface area contributed by atoms with Crippen molar-refractivity contribution in [2.24, 2.45) is 5.73 Å². The van der Waals surface area contributed by atoms with Crippen molar-refractivity contribution < 1.29 is 9.47 Å². The van der Waals surface area contributed by atoms with Gasteiger partial charge in [-0.2, -0.15) is 0 Å². The molecule has 0 amide bonds. The first-order chi connectivity index (χ1) is 9.21. The van der Waals surface area contributed by atoms with Crippen molar-refractivity contribution in [3.05, 3.63) is 29.3 Å². The second-order valence-corrected chi connectivity index (χ2v) is 4.80. The van der Waals surface area contributed by atoms with E-state index in [0.717, 1.165) is 38.2 Å². The highest BCUT2D eigenvalue weighted by Crippen LogP contribution is 2.23. The summed E-state index contributed by atoms with van der Waals surface area (Å²) in [7, 11) is 0. The molecule has 1 rings (SSSR count). The third-order valence-electron chi connectivity index (χ3n) is 3.07. The number of ether oxygens (including phenoxy) is 2. The fourth-order valence-electron chi connectivity index (χ4n) is 1.88. The molecule has 0 radical (unpaired) electrons. The minimum atomic E-state index is 0.186. The molecule has 1 atom stereocenters. The molecule has 3 heteroatoms. The predicted molar refractivity (Wildman–Crippen MR) is 79.5 cm³/mol. The second kappa shape index (κ2) is 8.94. The first-order valence-corrected chi connectivity index (χ1v) is 7.29. The summed E-state index contributed by atoms with van der Waals surface area (Å²) in [4.78, 5) is 0. The first-order valence-electron chi connectivity index (χ1n) is 7.29. The third kappa shape index (κ3) is 5.62. The van der Waals surface area contributed by atoms with Crippen molar-refractivity contribution in [1.29, 1.82) is 0 Å². The van der Waals surface area contributed by atoms with Gasteiger partial charge < -0.3 is 15.2 Å². The molecule has 1 aromatic carbocycles. The highest BCUT2D eigenvalue weighted by molar-refractivity contribution is 5.37. The Morgan fingerprint density at radius 2 is 2.00 bits per heavy atom. The molecular formula is C16H27NO2. The molecule has 0 bridgehead atoms. The van der Waals surface area contributed by atoms with Crippen LogP contribution in [0.3, 0.4) is 0 Å². The van der Waals surface area contributed by atoms with Gasteiger partial charge in [0.2, 0.25) is 0 Å². The highest BCUT2D eigenvalue weighted by Gasteiger charge is 2.09. The number of nitrogens with two attached hydrogens (primary N) is 1. The quantitative estimate of drug-likeness (QED) is 0.745. The van der Waals surface area contributed by atoms with Crippen molar-refractivity contribution in [3.8, 4) is 5.75 Å². The Kier molecular flexibility index (Phi) is 7.53. The lowest BCUT2D eigenvalue weighted by Crippen LogP contribution is -2.22. The van der Waals surface area contributed by atoms with Crippen LogP contribution in [0.15, 0.2) is 18.2 Å². The summed E-state index contributed by atoms with van der Waals surface area (Å²) in [6.07, 6.45) is 2.85. The smallest absolute Gasteiger partial charge is 0.122 e. The first kappa shape index (κ1) is 16.0. The van der Waals surface area contributed by atoms with Gasteiger partial charge in [0.25, 0.3) is 0 Å². The van der Waals surface area contributed by atoms with Crippen LogP contribution >= 0.6 is 0 Å². The van der Waals surface area contributed by atoms with E-state index in [1.165, 1.54) is 11.1 Å². The van der Waals surface area contributed by atoms with E-state index in [4.69, 9.17) is 15.2 Å². The summed E-state index contributed by atoms with van der Waals surface area (Å²) in [5.41, 5.74) is 8.44. The monoisotopic (exact) mass is 265 g/mol. The molecule has 0 aromatic heterocycles. The topological polar surface area (TPSA) is 44.5 Å². The summed E-state index contributed by atoms with van der Waals surface area (Å²) in [6.45, 7) is 8.37. The number of hydrogen-bond donors (Lipinski definition) is 1. The van der Waals surface area contributed by atoms with Crippen LogP contribution in [0.5, 0.6) is 5.75 Å². The van der Waals surface area contributed by atoms with Crippen LogP contribution < -0.4 is 10.5 Å². The van der Waals surface area contributed by atoms with Crippen LogP contribution in [0.1, 0.15) is 44.7 Å². The molecule has 0 spiro atoms. The summed E-state index contributed by atoms with van der Waals surface area (Å²) in [6, 6.07) is 6.46. The molecule has 0 heterocycles. The van der Waals surface area contributed by atoms with Gasteiger partial charge in [-0.3, -0.25) is 0 Å². The lowest BCUT2D eigenvalue weighted by atomic mass is 10.0. The zero-order valence-corrected chi connectivity index (χ0v) is 12.4. The zero-order valence-electron chi connectivity index (χ0n) is 12.4. The SMILES string of the molecule is CCCOc1ccc(COCC)cc1CC(N)CC. The molecule has 1 aromatic rings. The van der Waals surface area contributed by atoms with Crippen molar-refractivity contribution in [3.63, 3.8) is 0 Å². The van der Waals surface area contributed by atoms with Gasteiger partial charge in [-0.25, -0.2) is 0 Å². The average Bonchev–Trinajstić information content (AvgIpc) is 2.43. The minimum absolute atomic E-state index is 0.186. The van der Waals surface area contributed by atoms with Crippen LogP contribution in [0.25, 0.3) is 0 Å². The van der Waals surface area contributed by atoms with E-state index in [1.54, 1.807) is 0 Å². The van der Waals surface area contributed by atoms with E-state index in [-0.39, 0.29) is 6.04 Å². The van der Waals surface area contributed by atoms with Crippen molar-refractivity contribution in [1.82, 2.24) is 0 Å². The van der Waals surface area contributed by atoms with E-state index in [0.29, 0.717) is 6.61 Å². The van der Waals surface area contributed by atoms with Gasteiger partial charge in [-0.15, -0.1) is 0 Å². The molecule has 3 nitrogen and oxygen atoms in total. The summed E-state index contributed by atoms with van der Waals surface area (Å²) >= 11 is 0. The Morgan fingerprint density at radius 1 is 1.21 bits per heavy atom. The normalized spacial score (nSPS) is 12.4. The Balaban J connectivity index is 2.83. The Hall–Kier alpha value is -1.06. The molecule has 0 aliphatic carbocycles. The van der Waals surface area contributed by atoms with Crippen molar-refractivity contribution in [2.75, 3.05) is 13.2 Å². The molecule has 1 unspecified atom stereocenters. The maximum Gasteiger partial charge on any atom is 0.122 e. The molecule has 19 heavy (non-hydrogen) atoms. The van der Waals surface area contributed by atoms with Gasteiger partial charge in [0.05, 0.1) is 13.2 Å². The number of rotatable bonds is 9. The Labute approximate surface area is 117 Å². The fourth-order valence-corrected chi connectivity index (χ4v) is 1.88. The van der Waals surface area contributed by atoms with Gasteiger partial charge in [-0.1, -0.05) is 19.9 Å². The predicted octanol–water partition coefficient (Wildman–Crippen LogP) is 3.29. The van der Waals surface area contributed by atoms with Crippen LogP contribution in [0.4, 0.5) is 0 Å². The van der Waals surface area contributed by atoms with E-state index in [1.807, 2.05) is 13.0 Å². The third-order valence-corrected chi connectivity index (χ3v) is 3.07. The minimum Gasteiger partial charge on any atom is -0.493 e. The Morgan fingerprint density at radius 3 is 2.63 bits per heavy atom. The molecule has 2 N–H and O–H groups in total. The van der Waals surface area contributed by atoms with E-state index < -0.39 is 0 Å². The van der Waals surface area contributed by atoms with Gasteiger partial charge in [0.1, 0.15) is 5.75 Å². The van der Waals surface area contributed by atoms with E-state index in [9.17, 15) is 0 Å². The summed E-state index contributed by atoms with van der Waals surface area (Å²) in [5, 5.41) is 0. The van der Waals surface area contributed by atoms with Crippen LogP contribution in [-0.2, 0) is 17.8 Å². The highest BCUT2D eigenvalue weighted by atomic mass is 16.5. The summed E-state index contributed by atoms with van der Waals surface area (Å²) < 4.78 is 11.2. The molecule has 108 valence electrons. The second-order valence-electron chi connectivity index (χ2n) is 4.80. The number of benzene rings is 1. The van der Waals surface area contributed by atoms with Crippen LogP contribution in [-0.4, -0.2) is 19.3 Å². The molecule has 0 saturated carbocycles. The van der Waals surface area contributed by atoms with E-state index >= 15 is 0 Å². The maximum absolute atomic E-state index is 6.07. The van der Waals surface area contributed by atoms with Crippen molar-refractivity contribution >= 4 is 0 Å². The van der Waals surface area contributed by atoms with Gasteiger partial charge >= 0.3 is 0 Å². The lowest BCUT2D eigenvalue weighted by Gasteiger charge is -2.15. The maximum atomic E-state index is 6.07. The van der Waals surface area contributed by atoms with Crippen LogP contribution in [0.2, 0.25) is 0 Å². The van der Waals surface area contributed by atoms with Gasteiger partial charge in [0, 0.05) is 12.6 Å². The fraction of sp³-hybridized carbons (Fsp3) is 0.625. The van der Waals surface area contributed by atoms with E-state index in [2.05, 4.69) is 26.0 Å². The van der Waals surface area contributed by atoms with Gasteiger partial charge in [-0.05, 0) is 49.4 Å². The Bertz CT molecular complexity index is 366. The van der Waals surface area contributed by atoms with Crippen molar-refractivity contribution in [2.45, 2.75) is 52.7 Å². The standard InChI is InChI=1S/C16H27NO2/c1-4-9-19-16-8-7-13(12-18-6-3)10-14(16)11-15(17)5-2/h7-8,10,15H,4-6,9,11-12,17H2,1-3H3. The van der Waals surface area contributed by atoms with Gasteiger partial charge in [0.15, 0.2) is 0 Å².